The summed E-state index contributed by atoms with van der Waals surface area (Å²) in [5.74, 6) is -0.591. The summed E-state index contributed by atoms with van der Waals surface area (Å²) in [7, 11) is 0. The number of hydrogen-bond acceptors (Lipinski definition) is 8. The Balaban J connectivity index is 1.62. The summed E-state index contributed by atoms with van der Waals surface area (Å²) in [6, 6.07) is 7.41. The first-order valence-corrected chi connectivity index (χ1v) is 8.04. The molecule has 1 aromatic carbocycles. The third-order valence-corrected chi connectivity index (χ3v) is 3.97. The normalized spacial score (nSPS) is 11.2. The maximum Gasteiger partial charge on any atom is 0.378 e. The lowest BCUT2D eigenvalue weighted by molar-refractivity contribution is 0.0459. The largest absolute Gasteiger partial charge is 0.508 e. The van der Waals surface area contributed by atoms with E-state index < -0.39 is 11.6 Å². The van der Waals surface area contributed by atoms with Gasteiger partial charge in [-0.3, -0.25) is 0 Å². The lowest BCUT2D eigenvalue weighted by atomic mass is 10.1. The lowest BCUT2D eigenvalue weighted by Gasteiger charge is -2.06. The Morgan fingerprint density at radius 1 is 1.22 bits per heavy atom. The molecule has 3 aromatic heterocycles. The van der Waals surface area contributed by atoms with Crippen molar-refractivity contribution in [2.75, 3.05) is 0 Å². The molecule has 0 aliphatic rings. The zero-order chi connectivity index (χ0) is 19.1. The van der Waals surface area contributed by atoms with Crippen LogP contribution in [0, 0.1) is 13.8 Å². The van der Waals surface area contributed by atoms with Gasteiger partial charge in [-0.25, -0.2) is 19.1 Å². The van der Waals surface area contributed by atoms with Crippen molar-refractivity contribution >= 4 is 22.7 Å². The monoisotopic (exact) mass is 366 g/mol. The molecule has 4 aromatic rings. The predicted octanol–water partition coefficient (Wildman–Crippen LogP) is 1.91. The number of carbonyl (C=O) groups is 1. The van der Waals surface area contributed by atoms with E-state index in [0.717, 1.165) is 11.4 Å². The predicted molar refractivity (Wildman–Crippen MR) is 93.5 cm³/mol. The minimum Gasteiger partial charge on any atom is -0.508 e. The van der Waals surface area contributed by atoms with Crippen LogP contribution < -0.4 is 5.63 Å². The van der Waals surface area contributed by atoms with Crippen LogP contribution in [-0.4, -0.2) is 30.7 Å². The third kappa shape index (κ3) is 3.10. The maximum absolute atomic E-state index is 12.3. The van der Waals surface area contributed by atoms with Gasteiger partial charge in [-0.15, -0.1) is 5.10 Å². The highest BCUT2D eigenvalue weighted by atomic mass is 16.5. The maximum atomic E-state index is 12.3. The topological polar surface area (TPSA) is 120 Å². The lowest BCUT2D eigenvalue weighted by Crippen LogP contribution is -2.09. The van der Waals surface area contributed by atoms with E-state index in [-0.39, 0.29) is 23.8 Å². The van der Waals surface area contributed by atoms with Crippen molar-refractivity contribution in [3.8, 4) is 5.75 Å². The van der Waals surface area contributed by atoms with Crippen LogP contribution in [0.4, 0.5) is 0 Å². The first-order valence-electron chi connectivity index (χ1n) is 8.04. The molecule has 0 aliphatic carbocycles. The number of rotatable bonds is 3. The first kappa shape index (κ1) is 16.7. The molecule has 0 saturated carbocycles. The number of benzene rings is 1. The Bertz CT molecular complexity index is 1260. The Hall–Kier alpha value is -3.75. The fraction of sp³-hybridized carbons (Fsp3) is 0.167. The van der Waals surface area contributed by atoms with Crippen molar-refractivity contribution in [1.29, 1.82) is 0 Å². The fourth-order valence-electron chi connectivity index (χ4n) is 2.80. The minimum absolute atomic E-state index is 0.0353. The molecule has 0 aliphatic heterocycles. The molecule has 4 rings (SSSR count). The van der Waals surface area contributed by atoms with Crippen molar-refractivity contribution in [2.24, 2.45) is 0 Å². The quantitative estimate of drug-likeness (QED) is 0.431. The van der Waals surface area contributed by atoms with Crippen molar-refractivity contribution < 1.29 is 19.1 Å². The highest BCUT2D eigenvalue weighted by Gasteiger charge is 2.17. The number of esters is 1. The smallest absolute Gasteiger partial charge is 0.378 e. The highest BCUT2D eigenvalue weighted by molar-refractivity contribution is 5.86. The molecular weight excluding hydrogens is 352 g/mol. The number of phenolic OH excluding ortho intramolecular Hbond substituents is 1. The summed E-state index contributed by atoms with van der Waals surface area (Å²) in [4.78, 5) is 32.3. The van der Waals surface area contributed by atoms with E-state index in [4.69, 9.17) is 9.15 Å². The number of carbonyl (C=O) groups excluding carboxylic acids is 1. The summed E-state index contributed by atoms with van der Waals surface area (Å²) in [5, 5.41) is 14.2. The second-order valence-corrected chi connectivity index (χ2v) is 6.03. The molecule has 0 atom stereocenters. The van der Waals surface area contributed by atoms with E-state index in [1.54, 1.807) is 6.07 Å². The molecule has 0 radical (unpaired) electrons. The molecule has 136 valence electrons. The number of hydrogen-bond donors (Lipinski definition) is 1. The zero-order valence-electron chi connectivity index (χ0n) is 14.5. The van der Waals surface area contributed by atoms with Crippen LogP contribution in [0.15, 0.2) is 39.5 Å². The Kier molecular flexibility index (Phi) is 3.84. The van der Waals surface area contributed by atoms with Crippen LogP contribution in [0.3, 0.4) is 0 Å². The zero-order valence-corrected chi connectivity index (χ0v) is 14.5. The van der Waals surface area contributed by atoms with Gasteiger partial charge in [0, 0.05) is 34.5 Å². The van der Waals surface area contributed by atoms with Gasteiger partial charge in [0.15, 0.2) is 0 Å². The van der Waals surface area contributed by atoms with Crippen molar-refractivity contribution in [2.45, 2.75) is 20.5 Å². The molecule has 9 heteroatoms. The first-order chi connectivity index (χ1) is 12.9. The van der Waals surface area contributed by atoms with E-state index in [9.17, 15) is 14.7 Å². The molecule has 0 fully saturated rings. The Labute approximate surface area is 151 Å². The van der Waals surface area contributed by atoms with Gasteiger partial charge in [-0.05, 0) is 32.0 Å². The second kappa shape index (κ2) is 6.20. The molecular formula is C18H14N4O5. The third-order valence-electron chi connectivity index (χ3n) is 3.97. The van der Waals surface area contributed by atoms with Gasteiger partial charge in [0.05, 0.1) is 0 Å². The van der Waals surface area contributed by atoms with E-state index in [2.05, 4.69) is 15.1 Å². The van der Waals surface area contributed by atoms with Crippen LogP contribution in [0.5, 0.6) is 5.75 Å². The average Bonchev–Trinajstić information content (AvgIpc) is 3.03. The number of ether oxygens (including phenoxy) is 1. The van der Waals surface area contributed by atoms with Crippen LogP contribution in [0.1, 0.15) is 27.6 Å². The van der Waals surface area contributed by atoms with E-state index in [1.807, 2.05) is 19.9 Å². The van der Waals surface area contributed by atoms with Gasteiger partial charge < -0.3 is 14.3 Å². The number of aromatic hydroxyl groups is 1. The number of aromatic nitrogens is 4. The van der Waals surface area contributed by atoms with Gasteiger partial charge in [0.25, 0.3) is 11.6 Å². The SMILES string of the molecule is Cc1cc(C)n2nc(C(=O)OCc3cc(=O)oc4cc(O)ccc34)nc2n1. The summed E-state index contributed by atoms with van der Waals surface area (Å²) in [5.41, 5.74) is 1.59. The molecule has 1 N–H and O–H groups in total. The van der Waals surface area contributed by atoms with E-state index in [1.165, 1.54) is 22.7 Å². The standard InChI is InChI=1S/C18H14N4O5/c1-9-5-10(2)22-18(19-9)20-16(21-22)17(25)26-8-11-6-15(24)27-14-7-12(23)3-4-13(11)14/h3-7,23H,8H2,1-2H3. The van der Waals surface area contributed by atoms with Crippen LogP contribution in [-0.2, 0) is 11.3 Å². The summed E-state index contributed by atoms with van der Waals surface area (Å²) >= 11 is 0. The molecule has 27 heavy (non-hydrogen) atoms. The summed E-state index contributed by atoms with van der Waals surface area (Å²) in [6.07, 6.45) is 0. The highest BCUT2D eigenvalue weighted by Crippen LogP contribution is 2.22. The molecule has 0 saturated heterocycles. The van der Waals surface area contributed by atoms with E-state index in [0.29, 0.717) is 16.7 Å². The van der Waals surface area contributed by atoms with Crippen LogP contribution in [0.2, 0.25) is 0 Å². The fourth-order valence-corrected chi connectivity index (χ4v) is 2.80. The Morgan fingerprint density at radius 2 is 2.04 bits per heavy atom. The molecule has 0 unspecified atom stereocenters. The van der Waals surface area contributed by atoms with Crippen molar-refractivity contribution in [1.82, 2.24) is 19.6 Å². The molecule has 0 amide bonds. The Morgan fingerprint density at radius 3 is 2.85 bits per heavy atom. The van der Waals surface area contributed by atoms with Crippen LogP contribution >= 0.6 is 0 Å². The van der Waals surface area contributed by atoms with Gasteiger partial charge in [0.2, 0.25) is 0 Å². The molecule has 9 nitrogen and oxygen atoms in total. The summed E-state index contributed by atoms with van der Waals surface area (Å²) in [6.45, 7) is 3.48. The average molecular weight is 366 g/mol. The van der Waals surface area contributed by atoms with Crippen molar-refractivity contribution in [3.05, 3.63) is 63.5 Å². The molecule has 0 spiro atoms. The van der Waals surface area contributed by atoms with E-state index >= 15 is 0 Å². The van der Waals surface area contributed by atoms with Gasteiger partial charge in [0.1, 0.15) is 17.9 Å². The number of fused-ring (bicyclic) bond motifs is 2. The van der Waals surface area contributed by atoms with Crippen molar-refractivity contribution in [3.63, 3.8) is 0 Å². The van der Waals surface area contributed by atoms with Gasteiger partial charge in [-0.2, -0.15) is 4.98 Å². The molecule has 3 heterocycles. The number of aryl methyl sites for hydroxylation is 2. The number of phenols is 1. The second-order valence-electron chi connectivity index (χ2n) is 6.03. The minimum atomic E-state index is -0.738. The van der Waals surface area contributed by atoms with Crippen LogP contribution in [0.25, 0.3) is 16.7 Å². The van der Waals surface area contributed by atoms with Gasteiger partial charge >= 0.3 is 11.6 Å². The van der Waals surface area contributed by atoms with Gasteiger partial charge in [-0.1, -0.05) is 0 Å². The number of nitrogens with zero attached hydrogens (tertiary/aromatic N) is 4. The summed E-state index contributed by atoms with van der Waals surface area (Å²) < 4.78 is 11.8. The molecule has 0 bridgehead atoms.